The lowest BCUT2D eigenvalue weighted by atomic mass is 10.0. The molecule has 0 bridgehead atoms. The summed E-state index contributed by atoms with van der Waals surface area (Å²) in [4.78, 5) is 14.9. The van der Waals surface area contributed by atoms with Crippen LogP contribution in [0.4, 0.5) is 0 Å². The average molecular weight is 464 g/mol. The number of thiocarbonyl (C=S) groups is 1. The van der Waals surface area contributed by atoms with Crippen LogP contribution in [-0.2, 0) is 16.0 Å². The van der Waals surface area contributed by atoms with Gasteiger partial charge in [-0.05, 0) is 37.5 Å². The van der Waals surface area contributed by atoms with Gasteiger partial charge in [0.1, 0.15) is 0 Å². The van der Waals surface area contributed by atoms with E-state index >= 15 is 0 Å². The summed E-state index contributed by atoms with van der Waals surface area (Å²) in [5.41, 5.74) is 2.37. The van der Waals surface area contributed by atoms with E-state index in [2.05, 4.69) is 43.0 Å². The Morgan fingerprint density at radius 3 is 3.00 bits per heavy atom. The van der Waals surface area contributed by atoms with Crippen LogP contribution in [0.1, 0.15) is 56.6 Å². The number of rotatable bonds is 14. The number of aliphatic hydroxyl groups excluding tert-OH is 1. The Morgan fingerprint density at radius 2 is 2.23 bits per heavy atom. The lowest BCUT2D eigenvalue weighted by molar-refractivity contribution is -0.143. The maximum Gasteiger partial charge on any atom is 0.305 e. The molecule has 0 unspecified atom stereocenters. The minimum absolute atomic E-state index is 0.0795. The van der Waals surface area contributed by atoms with Crippen LogP contribution in [0.3, 0.4) is 0 Å². The molecule has 1 aliphatic rings. The zero-order chi connectivity index (χ0) is 22.5. The first-order chi connectivity index (χ1) is 15.0. The lowest BCUT2D eigenvalue weighted by Crippen LogP contribution is -2.33. The van der Waals surface area contributed by atoms with Crippen molar-refractivity contribution < 1.29 is 14.6 Å². The van der Waals surface area contributed by atoms with Crippen LogP contribution >= 0.6 is 24.0 Å². The average Bonchev–Trinajstić information content (AvgIpc) is 3.09. The second-order valence-electron chi connectivity index (χ2n) is 8.13. The number of hydrogen-bond acceptors (Lipinski definition) is 5. The summed E-state index contributed by atoms with van der Waals surface area (Å²) in [6.07, 6.45) is 9.49. The zero-order valence-electron chi connectivity index (χ0n) is 18.9. The van der Waals surface area contributed by atoms with Gasteiger partial charge in [-0.1, -0.05) is 67.5 Å². The first-order valence-corrected chi connectivity index (χ1v) is 13.0. The number of esters is 1. The number of carbonyl (C=O) groups excluding carboxylic acids is 1. The van der Waals surface area contributed by atoms with Crippen LogP contribution in [0.2, 0.25) is 0 Å². The summed E-state index contributed by atoms with van der Waals surface area (Å²) in [5.74, 6) is 1.87. The molecule has 31 heavy (non-hydrogen) atoms. The van der Waals surface area contributed by atoms with Crippen LogP contribution in [0, 0.1) is 6.92 Å². The number of aliphatic hydroxyl groups is 1. The molecule has 2 atom stereocenters. The number of nitrogens with zero attached hydrogens (tertiary/aromatic N) is 1. The van der Waals surface area contributed by atoms with Crippen LogP contribution in [0.25, 0.3) is 0 Å². The normalized spacial score (nSPS) is 17.5. The SMILES string of the molecule is CCCCOC(=O)CCCSCCN1C(=S)CC[C@@H]1C=C[C@@H](O)Cc1cccc(C)c1. The molecule has 0 aromatic heterocycles. The van der Waals surface area contributed by atoms with Gasteiger partial charge in [-0.25, -0.2) is 0 Å². The topological polar surface area (TPSA) is 49.8 Å². The summed E-state index contributed by atoms with van der Waals surface area (Å²) in [5, 5.41) is 10.4. The molecule has 0 saturated carbocycles. The van der Waals surface area contributed by atoms with Gasteiger partial charge in [0, 0.05) is 37.6 Å². The molecule has 1 aliphatic heterocycles. The molecule has 1 saturated heterocycles. The van der Waals surface area contributed by atoms with E-state index < -0.39 is 6.10 Å². The van der Waals surface area contributed by atoms with E-state index in [4.69, 9.17) is 17.0 Å². The molecule has 0 radical (unpaired) electrons. The van der Waals surface area contributed by atoms with E-state index in [1.807, 2.05) is 23.9 Å². The molecule has 2 rings (SSSR count). The van der Waals surface area contributed by atoms with Crippen molar-refractivity contribution in [1.29, 1.82) is 0 Å². The summed E-state index contributed by atoms with van der Waals surface area (Å²) in [6, 6.07) is 8.55. The Hall–Kier alpha value is -1.37. The van der Waals surface area contributed by atoms with E-state index in [1.165, 1.54) is 5.56 Å². The van der Waals surface area contributed by atoms with Crippen LogP contribution in [0.15, 0.2) is 36.4 Å². The van der Waals surface area contributed by atoms with Crippen LogP contribution in [-0.4, -0.2) is 57.8 Å². The summed E-state index contributed by atoms with van der Waals surface area (Å²) < 4.78 is 5.19. The number of carbonyl (C=O) groups is 1. The predicted molar refractivity (Wildman–Crippen MR) is 135 cm³/mol. The first kappa shape index (κ1) is 25.9. The Morgan fingerprint density at radius 1 is 1.39 bits per heavy atom. The van der Waals surface area contributed by atoms with E-state index in [-0.39, 0.29) is 12.0 Å². The van der Waals surface area contributed by atoms with E-state index in [0.29, 0.717) is 19.4 Å². The fraction of sp³-hybridized carbons (Fsp3) is 0.600. The number of likely N-dealkylation sites (tertiary alicyclic amines) is 1. The zero-order valence-corrected chi connectivity index (χ0v) is 20.6. The van der Waals surface area contributed by atoms with Gasteiger partial charge in [-0.2, -0.15) is 11.8 Å². The van der Waals surface area contributed by atoms with Crippen molar-refractivity contribution in [2.45, 2.75) is 70.9 Å². The van der Waals surface area contributed by atoms with Crippen molar-refractivity contribution in [3.8, 4) is 0 Å². The lowest BCUT2D eigenvalue weighted by Gasteiger charge is -2.24. The third kappa shape index (κ3) is 10.2. The highest BCUT2D eigenvalue weighted by molar-refractivity contribution is 7.99. The molecule has 0 amide bonds. The number of thioether (sulfide) groups is 1. The Balaban J connectivity index is 1.66. The highest BCUT2D eigenvalue weighted by atomic mass is 32.2. The number of unbranched alkanes of at least 4 members (excludes halogenated alkanes) is 1. The highest BCUT2D eigenvalue weighted by Crippen LogP contribution is 2.22. The van der Waals surface area contributed by atoms with Crippen molar-refractivity contribution in [2.24, 2.45) is 0 Å². The molecule has 1 fully saturated rings. The second kappa shape index (κ2) is 14.6. The molecule has 0 spiro atoms. The fourth-order valence-corrected chi connectivity index (χ4v) is 4.86. The Kier molecular flexibility index (Phi) is 12.2. The maximum absolute atomic E-state index is 11.6. The minimum atomic E-state index is -0.482. The van der Waals surface area contributed by atoms with Crippen molar-refractivity contribution >= 4 is 34.9 Å². The van der Waals surface area contributed by atoms with Gasteiger partial charge in [-0.15, -0.1) is 0 Å². The van der Waals surface area contributed by atoms with Gasteiger partial charge in [0.25, 0.3) is 0 Å². The largest absolute Gasteiger partial charge is 0.466 e. The summed E-state index contributed by atoms with van der Waals surface area (Å²) in [6.45, 7) is 5.61. The third-order valence-electron chi connectivity index (χ3n) is 5.36. The highest BCUT2D eigenvalue weighted by Gasteiger charge is 2.25. The maximum atomic E-state index is 11.6. The summed E-state index contributed by atoms with van der Waals surface area (Å²) in [7, 11) is 0. The van der Waals surface area contributed by atoms with Gasteiger partial charge in [0.15, 0.2) is 0 Å². The van der Waals surface area contributed by atoms with Crippen molar-refractivity contribution in [1.82, 2.24) is 4.90 Å². The van der Waals surface area contributed by atoms with E-state index in [0.717, 1.165) is 60.7 Å². The van der Waals surface area contributed by atoms with Gasteiger partial charge in [0.2, 0.25) is 0 Å². The predicted octanol–water partition coefficient (Wildman–Crippen LogP) is 5.10. The molecule has 172 valence electrons. The quantitative estimate of drug-likeness (QED) is 0.179. The molecule has 1 aromatic rings. The number of benzene rings is 1. The minimum Gasteiger partial charge on any atom is -0.466 e. The molecular weight excluding hydrogens is 426 g/mol. The molecule has 0 aliphatic carbocycles. The molecule has 1 N–H and O–H groups in total. The smallest absolute Gasteiger partial charge is 0.305 e. The second-order valence-corrected chi connectivity index (χ2v) is 9.82. The van der Waals surface area contributed by atoms with E-state index in [1.54, 1.807) is 0 Å². The van der Waals surface area contributed by atoms with Gasteiger partial charge in [-0.3, -0.25) is 4.79 Å². The van der Waals surface area contributed by atoms with Crippen molar-refractivity contribution in [2.75, 3.05) is 24.7 Å². The standard InChI is InChI=1S/C25H37NO3S2/c1-3-4-15-29-25(28)9-6-16-31-17-14-26-22(11-13-24(26)30)10-12-23(27)19-21-8-5-7-20(2)18-21/h5,7-8,10,12,18,22-23,27H,3-4,6,9,11,13-17,19H2,1-2H3/t22-,23+/m0/s1. The van der Waals surface area contributed by atoms with Crippen LogP contribution < -0.4 is 0 Å². The van der Waals surface area contributed by atoms with E-state index in [9.17, 15) is 9.90 Å². The van der Waals surface area contributed by atoms with Gasteiger partial charge in [0.05, 0.1) is 17.7 Å². The number of hydrogen-bond donors (Lipinski definition) is 1. The fourth-order valence-electron chi connectivity index (χ4n) is 3.64. The van der Waals surface area contributed by atoms with Gasteiger partial charge < -0.3 is 14.7 Å². The van der Waals surface area contributed by atoms with Crippen molar-refractivity contribution in [3.63, 3.8) is 0 Å². The number of ether oxygens (including phenoxy) is 1. The molecule has 4 nitrogen and oxygen atoms in total. The Labute approximate surface area is 197 Å². The molecule has 1 aromatic carbocycles. The Bertz CT molecular complexity index is 722. The van der Waals surface area contributed by atoms with Crippen molar-refractivity contribution in [3.05, 3.63) is 47.5 Å². The monoisotopic (exact) mass is 463 g/mol. The first-order valence-electron chi connectivity index (χ1n) is 11.4. The number of aryl methyl sites for hydroxylation is 1. The summed E-state index contributed by atoms with van der Waals surface area (Å²) >= 11 is 7.42. The molecule has 6 heteroatoms. The molecule has 1 heterocycles. The van der Waals surface area contributed by atoms with Gasteiger partial charge >= 0.3 is 5.97 Å². The third-order valence-corrected chi connectivity index (χ3v) is 6.85. The molecular formula is C25H37NO3S2. The van der Waals surface area contributed by atoms with Crippen LogP contribution in [0.5, 0.6) is 0 Å².